The van der Waals surface area contributed by atoms with E-state index in [-0.39, 0.29) is 43.1 Å². The molecule has 2 atom stereocenters. The molecular weight excluding hydrogens is 391 g/mol. The van der Waals surface area contributed by atoms with Crippen molar-refractivity contribution in [1.82, 2.24) is 10.2 Å². The predicted octanol–water partition coefficient (Wildman–Crippen LogP) is 2.31. The number of imide groups is 1. The van der Waals surface area contributed by atoms with Gasteiger partial charge in [-0.05, 0) is 49.9 Å². The maximum Gasteiger partial charge on any atom is 0.329 e. The molecule has 148 valence electrons. The first-order valence-corrected chi connectivity index (χ1v) is 9.28. The first kappa shape index (κ1) is 21.5. The lowest BCUT2D eigenvalue weighted by Gasteiger charge is -2.35. The second kappa shape index (κ2) is 9.39. The van der Waals surface area contributed by atoms with Crippen LogP contribution in [0.2, 0.25) is 5.02 Å². The Bertz CT molecular complexity index is 698. The molecule has 0 aliphatic carbocycles. The van der Waals surface area contributed by atoms with Gasteiger partial charge in [0, 0.05) is 30.6 Å². The number of rotatable bonds is 5. The Balaban J connectivity index is 0.00000261. The highest BCUT2D eigenvalue weighted by atomic mass is 35.5. The van der Waals surface area contributed by atoms with E-state index in [1.807, 2.05) is 4.90 Å². The highest BCUT2D eigenvalue weighted by molar-refractivity contribution is 6.30. The molecule has 3 rings (SSSR count). The summed E-state index contributed by atoms with van der Waals surface area (Å²) in [6.45, 7) is 1.16. The molecule has 0 spiro atoms. The van der Waals surface area contributed by atoms with Gasteiger partial charge in [-0.3, -0.25) is 9.59 Å². The van der Waals surface area contributed by atoms with Crippen molar-refractivity contribution < 1.29 is 14.4 Å². The van der Waals surface area contributed by atoms with E-state index in [0.29, 0.717) is 23.8 Å². The average Bonchev–Trinajstić information content (AvgIpc) is 2.94. The second-order valence-electron chi connectivity index (χ2n) is 6.66. The van der Waals surface area contributed by atoms with E-state index in [2.05, 4.69) is 5.32 Å². The van der Waals surface area contributed by atoms with E-state index in [9.17, 15) is 14.4 Å². The van der Waals surface area contributed by atoms with Crippen LogP contribution in [-0.4, -0.2) is 47.9 Å². The molecule has 4 amide bonds. The largest absolute Gasteiger partial charge is 0.338 e. The topological polar surface area (TPSA) is 95.7 Å². The smallest absolute Gasteiger partial charge is 0.329 e. The molecule has 2 heterocycles. The Morgan fingerprint density at radius 3 is 2.59 bits per heavy atom. The fraction of sp³-hybridized carbons (Fsp3) is 0.500. The van der Waals surface area contributed by atoms with Gasteiger partial charge in [0.25, 0.3) is 5.91 Å². The molecule has 2 aliphatic heterocycles. The molecule has 7 nitrogen and oxygen atoms in total. The van der Waals surface area contributed by atoms with Crippen LogP contribution in [0, 0.1) is 0 Å². The van der Waals surface area contributed by atoms with Crippen molar-refractivity contribution >= 4 is 47.5 Å². The fourth-order valence-corrected chi connectivity index (χ4v) is 3.67. The van der Waals surface area contributed by atoms with Gasteiger partial charge in [0.05, 0.1) is 5.69 Å². The van der Waals surface area contributed by atoms with Crippen molar-refractivity contribution in [2.24, 2.45) is 5.73 Å². The number of amides is 4. The summed E-state index contributed by atoms with van der Waals surface area (Å²) in [5.74, 6) is -0.355. The number of likely N-dealkylation sites (tertiary alicyclic amines) is 1. The third-order valence-corrected chi connectivity index (χ3v) is 5.22. The molecule has 0 radical (unpaired) electrons. The molecule has 27 heavy (non-hydrogen) atoms. The Hall–Kier alpha value is -1.83. The van der Waals surface area contributed by atoms with Gasteiger partial charge in [0.1, 0.15) is 6.04 Å². The Morgan fingerprint density at radius 2 is 1.93 bits per heavy atom. The Morgan fingerprint density at radius 1 is 1.22 bits per heavy atom. The molecule has 2 aliphatic rings. The van der Waals surface area contributed by atoms with Crippen LogP contribution >= 0.6 is 24.0 Å². The maximum atomic E-state index is 12.6. The van der Waals surface area contributed by atoms with Gasteiger partial charge in [0.15, 0.2) is 0 Å². The summed E-state index contributed by atoms with van der Waals surface area (Å²) in [5.41, 5.74) is 6.23. The predicted molar refractivity (Wildman–Crippen MR) is 106 cm³/mol. The zero-order valence-corrected chi connectivity index (χ0v) is 16.5. The maximum absolute atomic E-state index is 12.6. The van der Waals surface area contributed by atoms with Crippen molar-refractivity contribution in [2.45, 2.75) is 44.2 Å². The standard InChI is InChI=1S/C18H23ClN4O3.ClH/c19-12-4-6-13(7-5-12)23-17(25)15(21-18(23)26)8-9-16(24)22-10-2-1-3-14(22)11-20;/h4-7,14-15H,1-3,8-11,20H2,(H,21,26);1H. The van der Waals surface area contributed by atoms with Gasteiger partial charge in [-0.2, -0.15) is 0 Å². The molecule has 0 saturated carbocycles. The van der Waals surface area contributed by atoms with E-state index >= 15 is 0 Å². The van der Waals surface area contributed by atoms with Crippen LogP contribution in [0.5, 0.6) is 0 Å². The lowest BCUT2D eigenvalue weighted by Crippen LogP contribution is -2.47. The normalized spacial score (nSPS) is 22.4. The van der Waals surface area contributed by atoms with Crippen molar-refractivity contribution in [1.29, 1.82) is 0 Å². The summed E-state index contributed by atoms with van der Waals surface area (Å²) in [4.78, 5) is 40.2. The number of anilines is 1. The van der Waals surface area contributed by atoms with Crippen LogP contribution in [0.25, 0.3) is 0 Å². The van der Waals surface area contributed by atoms with E-state index in [1.165, 1.54) is 0 Å². The molecule has 2 fully saturated rings. The number of hydrogen-bond donors (Lipinski definition) is 2. The molecule has 0 bridgehead atoms. The third kappa shape index (κ3) is 4.72. The van der Waals surface area contributed by atoms with E-state index in [1.54, 1.807) is 24.3 Å². The number of nitrogens with two attached hydrogens (primary N) is 1. The van der Waals surface area contributed by atoms with Gasteiger partial charge in [0.2, 0.25) is 5.91 Å². The first-order valence-electron chi connectivity index (χ1n) is 8.91. The summed E-state index contributed by atoms with van der Waals surface area (Å²) >= 11 is 5.85. The second-order valence-corrected chi connectivity index (χ2v) is 7.10. The zero-order valence-electron chi connectivity index (χ0n) is 14.9. The van der Waals surface area contributed by atoms with E-state index < -0.39 is 12.1 Å². The fourth-order valence-electron chi connectivity index (χ4n) is 3.55. The summed E-state index contributed by atoms with van der Waals surface area (Å²) in [6, 6.07) is 5.39. The number of nitrogens with zero attached hydrogens (tertiary/aromatic N) is 2. The van der Waals surface area contributed by atoms with E-state index in [4.69, 9.17) is 17.3 Å². The summed E-state index contributed by atoms with van der Waals surface area (Å²) < 4.78 is 0. The number of carbonyl (C=O) groups excluding carboxylic acids is 3. The summed E-state index contributed by atoms with van der Waals surface area (Å²) in [6.07, 6.45) is 3.47. The van der Waals surface area contributed by atoms with Gasteiger partial charge in [-0.1, -0.05) is 11.6 Å². The van der Waals surface area contributed by atoms with Gasteiger partial charge in [-0.15, -0.1) is 12.4 Å². The molecule has 3 N–H and O–H groups in total. The van der Waals surface area contributed by atoms with Crippen LogP contribution < -0.4 is 16.0 Å². The van der Waals surface area contributed by atoms with E-state index in [0.717, 1.165) is 24.2 Å². The zero-order chi connectivity index (χ0) is 18.7. The third-order valence-electron chi connectivity index (χ3n) is 4.97. The number of hydrogen-bond acceptors (Lipinski definition) is 4. The number of carbonyl (C=O) groups is 3. The van der Waals surface area contributed by atoms with Crippen LogP contribution in [0.15, 0.2) is 24.3 Å². The molecule has 1 aromatic carbocycles. The van der Waals surface area contributed by atoms with Crippen molar-refractivity contribution in [2.75, 3.05) is 18.0 Å². The SMILES string of the molecule is Cl.NCC1CCCCN1C(=O)CCC1NC(=O)N(c2ccc(Cl)cc2)C1=O. The summed E-state index contributed by atoms with van der Waals surface area (Å²) in [5, 5.41) is 3.19. The van der Waals surface area contributed by atoms with Crippen LogP contribution in [0.1, 0.15) is 32.1 Å². The first-order chi connectivity index (χ1) is 12.5. The Kier molecular flexibility index (Phi) is 7.47. The monoisotopic (exact) mass is 414 g/mol. The van der Waals surface area contributed by atoms with Gasteiger partial charge >= 0.3 is 6.03 Å². The van der Waals surface area contributed by atoms with Gasteiger partial charge < -0.3 is 16.0 Å². The minimum atomic E-state index is -0.691. The Labute approximate surface area is 169 Å². The number of piperidine rings is 1. The molecule has 2 saturated heterocycles. The minimum Gasteiger partial charge on any atom is -0.338 e. The van der Waals surface area contributed by atoms with Crippen LogP contribution in [0.4, 0.5) is 10.5 Å². The highest BCUT2D eigenvalue weighted by Crippen LogP contribution is 2.24. The van der Waals surface area contributed by atoms with Crippen LogP contribution in [0.3, 0.4) is 0 Å². The van der Waals surface area contributed by atoms with Gasteiger partial charge in [-0.25, -0.2) is 9.69 Å². The quantitative estimate of drug-likeness (QED) is 0.722. The van der Waals surface area contributed by atoms with Crippen molar-refractivity contribution in [3.05, 3.63) is 29.3 Å². The lowest BCUT2D eigenvalue weighted by atomic mass is 10.0. The number of urea groups is 1. The average molecular weight is 415 g/mol. The van der Waals surface area contributed by atoms with Crippen molar-refractivity contribution in [3.8, 4) is 0 Å². The molecule has 2 unspecified atom stereocenters. The lowest BCUT2D eigenvalue weighted by molar-refractivity contribution is -0.134. The van der Waals surface area contributed by atoms with Crippen LogP contribution in [-0.2, 0) is 9.59 Å². The molecule has 0 aromatic heterocycles. The minimum absolute atomic E-state index is 0. The molecule has 9 heteroatoms. The number of halogens is 2. The van der Waals surface area contributed by atoms with Crippen molar-refractivity contribution in [3.63, 3.8) is 0 Å². The molecule has 1 aromatic rings. The molecular formula is C18H24Cl2N4O3. The summed E-state index contributed by atoms with van der Waals surface area (Å²) in [7, 11) is 0. The number of benzene rings is 1. The number of nitrogens with one attached hydrogen (secondary N) is 1. The highest BCUT2D eigenvalue weighted by Gasteiger charge is 2.39.